The highest BCUT2D eigenvalue weighted by molar-refractivity contribution is 6.21. The summed E-state index contributed by atoms with van der Waals surface area (Å²) in [5.41, 5.74) is 2.83. The van der Waals surface area contributed by atoms with E-state index < -0.39 is 0 Å². The number of alkyl halides is 1. The van der Waals surface area contributed by atoms with Crippen LogP contribution in [0.5, 0.6) is 5.88 Å². The highest BCUT2D eigenvalue weighted by Gasteiger charge is 2.11. The normalized spacial score (nSPS) is 12.0. The third-order valence-electron chi connectivity index (χ3n) is 2.87. The minimum Gasteiger partial charge on any atom is -0.481 e. The first-order valence-electron chi connectivity index (χ1n) is 5.99. The number of benzene rings is 1. The largest absolute Gasteiger partial charge is 0.481 e. The second-order valence-corrected chi connectivity index (χ2v) is 4.84. The molecule has 4 nitrogen and oxygen atoms in total. The van der Waals surface area contributed by atoms with Gasteiger partial charge in [0.15, 0.2) is 0 Å². The molecule has 0 aliphatic heterocycles. The predicted molar refractivity (Wildman–Crippen MR) is 77.3 cm³/mol. The third-order valence-corrected chi connectivity index (χ3v) is 3.11. The molecule has 100 valence electrons. The zero-order chi connectivity index (χ0) is 13.8. The Morgan fingerprint density at radius 1 is 1.26 bits per heavy atom. The molecule has 1 heterocycles. The van der Waals surface area contributed by atoms with E-state index in [1.807, 2.05) is 38.1 Å². The van der Waals surface area contributed by atoms with Gasteiger partial charge in [-0.05, 0) is 25.5 Å². The zero-order valence-corrected chi connectivity index (χ0v) is 11.9. The van der Waals surface area contributed by atoms with Gasteiger partial charge in [-0.3, -0.25) is 0 Å². The molecule has 19 heavy (non-hydrogen) atoms. The summed E-state index contributed by atoms with van der Waals surface area (Å²) in [7, 11) is 1.59. The van der Waals surface area contributed by atoms with E-state index in [-0.39, 0.29) is 5.38 Å². The van der Waals surface area contributed by atoms with Crippen molar-refractivity contribution in [1.82, 2.24) is 9.97 Å². The molecule has 0 fully saturated rings. The molecule has 0 amide bonds. The number of anilines is 2. The van der Waals surface area contributed by atoms with Crippen LogP contribution < -0.4 is 10.1 Å². The number of rotatable bonds is 4. The Balaban J connectivity index is 2.37. The summed E-state index contributed by atoms with van der Waals surface area (Å²) in [6, 6.07) is 7.89. The monoisotopic (exact) mass is 277 g/mol. The smallest absolute Gasteiger partial charge is 0.221 e. The fraction of sp³-hybridized carbons (Fsp3) is 0.286. The SMILES string of the molecule is COc1ncnc(Nc2ccccc2C(C)Cl)c1C. The number of para-hydroxylation sites is 1. The van der Waals surface area contributed by atoms with E-state index in [0.717, 1.165) is 22.6 Å². The van der Waals surface area contributed by atoms with E-state index in [1.54, 1.807) is 7.11 Å². The summed E-state index contributed by atoms with van der Waals surface area (Å²) in [4.78, 5) is 8.29. The second kappa shape index (κ2) is 5.89. The summed E-state index contributed by atoms with van der Waals surface area (Å²) in [6.45, 7) is 3.85. The van der Waals surface area contributed by atoms with Gasteiger partial charge in [0.1, 0.15) is 12.1 Å². The van der Waals surface area contributed by atoms with Crippen LogP contribution in [-0.4, -0.2) is 17.1 Å². The van der Waals surface area contributed by atoms with Crippen molar-refractivity contribution >= 4 is 23.1 Å². The van der Waals surface area contributed by atoms with Crippen molar-refractivity contribution in [2.45, 2.75) is 19.2 Å². The number of hydrogen-bond acceptors (Lipinski definition) is 4. The molecule has 1 atom stereocenters. The lowest BCUT2D eigenvalue weighted by Gasteiger charge is -2.15. The Morgan fingerprint density at radius 3 is 2.68 bits per heavy atom. The van der Waals surface area contributed by atoms with Crippen LogP contribution >= 0.6 is 11.6 Å². The fourth-order valence-electron chi connectivity index (χ4n) is 1.85. The maximum atomic E-state index is 6.18. The van der Waals surface area contributed by atoms with Crippen LogP contribution in [0.3, 0.4) is 0 Å². The lowest BCUT2D eigenvalue weighted by atomic mass is 10.1. The highest BCUT2D eigenvalue weighted by Crippen LogP contribution is 2.30. The fourth-order valence-corrected chi connectivity index (χ4v) is 2.04. The van der Waals surface area contributed by atoms with Crippen molar-refractivity contribution in [1.29, 1.82) is 0 Å². The lowest BCUT2D eigenvalue weighted by Crippen LogP contribution is -2.02. The summed E-state index contributed by atoms with van der Waals surface area (Å²) in [5, 5.41) is 3.21. The first kappa shape index (κ1) is 13.6. The van der Waals surface area contributed by atoms with Crippen LogP contribution in [0, 0.1) is 6.92 Å². The maximum absolute atomic E-state index is 6.18. The molecule has 0 aliphatic carbocycles. The van der Waals surface area contributed by atoms with Crippen LogP contribution in [-0.2, 0) is 0 Å². The van der Waals surface area contributed by atoms with E-state index in [2.05, 4.69) is 15.3 Å². The topological polar surface area (TPSA) is 47.0 Å². The molecule has 0 aliphatic rings. The second-order valence-electron chi connectivity index (χ2n) is 4.18. The minimum atomic E-state index is -0.0762. The molecule has 1 N–H and O–H groups in total. The van der Waals surface area contributed by atoms with Crippen molar-refractivity contribution < 1.29 is 4.74 Å². The van der Waals surface area contributed by atoms with Crippen LogP contribution in [0.2, 0.25) is 0 Å². The van der Waals surface area contributed by atoms with Crippen LogP contribution in [0.1, 0.15) is 23.4 Å². The van der Waals surface area contributed by atoms with Crippen molar-refractivity contribution in [3.63, 3.8) is 0 Å². The van der Waals surface area contributed by atoms with Gasteiger partial charge in [-0.2, -0.15) is 0 Å². The van der Waals surface area contributed by atoms with Gasteiger partial charge in [0.05, 0.1) is 18.1 Å². The zero-order valence-electron chi connectivity index (χ0n) is 11.1. The van der Waals surface area contributed by atoms with Crippen molar-refractivity contribution in [2.24, 2.45) is 0 Å². The summed E-state index contributed by atoms with van der Waals surface area (Å²) in [5.74, 6) is 1.28. The maximum Gasteiger partial charge on any atom is 0.221 e. The van der Waals surface area contributed by atoms with Gasteiger partial charge >= 0.3 is 0 Å². The number of hydrogen-bond donors (Lipinski definition) is 1. The summed E-state index contributed by atoms with van der Waals surface area (Å²) >= 11 is 6.18. The summed E-state index contributed by atoms with van der Waals surface area (Å²) < 4.78 is 5.18. The van der Waals surface area contributed by atoms with Gasteiger partial charge in [0.2, 0.25) is 5.88 Å². The molecule has 0 bridgehead atoms. The molecule has 0 radical (unpaired) electrons. The van der Waals surface area contributed by atoms with E-state index in [9.17, 15) is 0 Å². The molecule has 0 saturated carbocycles. The van der Waals surface area contributed by atoms with Crippen molar-refractivity contribution in [3.8, 4) is 5.88 Å². The first-order chi connectivity index (χ1) is 9.13. The van der Waals surface area contributed by atoms with E-state index in [1.165, 1.54) is 6.33 Å². The molecular formula is C14H16ClN3O. The quantitative estimate of drug-likeness (QED) is 0.863. The predicted octanol–water partition coefficient (Wildman–Crippen LogP) is 3.84. The van der Waals surface area contributed by atoms with E-state index in [0.29, 0.717) is 5.88 Å². The molecule has 0 saturated heterocycles. The Bertz CT molecular complexity index is 572. The molecule has 2 aromatic rings. The molecule has 5 heteroatoms. The summed E-state index contributed by atoms with van der Waals surface area (Å²) in [6.07, 6.45) is 1.47. The Kier molecular flexibility index (Phi) is 4.22. The van der Waals surface area contributed by atoms with Gasteiger partial charge in [-0.1, -0.05) is 18.2 Å². The average Bonchev–Trinajstić information content (AvgIpc) is 2.41. The Labute approximate surface area is 117 Å². The number of nitrogens with zero attached hydrogens (tertiary/aromatic N) is 2. The van der Waals surface area contributed by atoms with Crippen LogP contribution in [0.4, 0.5) is 11.5 Å². The molecular weight excluding hydrogens is 262 g/mol. The molecule has 1 aromatic carbocycles. The number of halogens is 1. The first-order valence-corrected chi connectivity index (χ1v) is 6.42. The van der Waals surface area contributed by atoms with Gasteiger partial charge < -0.3 is 10.1 Å². The van der Waals surface area contributed by atoms with Gasteiger partial charge in [0.25, 0.3) is 0 Å². The third kappa shape index (κ3) is 2.96. The van der Waals surface area contributed by atoms with Gasteiger partial charge in [-0.15, -0.1) is 11.6 Å². The average molecular weight is 278 g/mol. The van der Waals surface area contributed by atoms with Gasteiger partial charge in [0, 0.05) is 5.69 Å². The highest BCUT2D eigenvalue weighted by atomic mass is 35.5. The standard InChI is InChI=1S/C14H16ClN3O/c1-9-13(16-8-17-14(9)19-3)18-12-7-5-4-6-11(12)10(2)15/h4-8,10H,1-3H3,(H,16,17,18). The van der Waals surface area contributed by atoms with Crippen molar-refractivity contribution in [3.05, 3.63) is 41.7 Å². The lowest BCUT2D eigenvalue weighted by molar-refractivity contribution is 0.394. The number of ether oxygens (including phenoxy) is 1. The van der Waals surface area contributed by atoms with E-state index in [4.69, 9.17) is 16.3 Å². The molecule has 1 unspecified atom stereocenters. The number of nitrogens with one attached hydrogen (secondary N) is 1. The minimum absolute atomic E-state index is 0.0762. The molecule has 2 rings (SSSR count). The van der Waals surface area contributed by atoms with Crippen molar-refractivity contribution in [2.75, 3.05) is 12.4 Å². The Morgan fingerprint density at radius 2 is 2.00 bits per heavy atom. The number of aromatic nitrogens is 2. The van der Waals surface area contributed by atoms with Crippen LogP contribution in [0.15, 0.2) is 30.6 Å². The molecule has 0 spiro atoms. The van der Waals surface area contributed by atoms with Gasteiger partial charge in [-0.25, -0.2) is 9.97 Å². The van der Waals surface area contributed by atoms with E-state index >= 15 is 0 Å². The number of methoxy groups -OCH3 is 1. The molecule has 1 aromatic heterocycles. The Hall–Kier alpha value is -1.81. The van der Waals surface area contributed by atoms with Crippen LogP contribution in [0.25, 0.3) is 0 Å².